The first-order valence-corrected chi connectivity index (χ1v) is 15.9. The zero-order chi connectivity index (χ0) is 29.4. The minimum Gasteiger partial charge on any atom is -0.481 e. The number of benzene rings is 2. The van der Waals surface area contributed by atoms with Gasteiger partial charge >= 0.3 is 5.97 Å². The van der Waals surface area contributed by atoms with Crippen LogP contribution in [0.4, 0.5) is 5.82 Å². The van der Waals surface area contributed by atoms with Crippen molar-refractivity contribution >= 4 is 32.8 Å². The zero-order valence-electron chi connectivity index (χ0n) is 24.0. The summed E-state index contributed by atoms with van der Waals surface area (Å²) in [6.07, 6.45) is 5.54. The summed E-state index contributed by atoms with van der Waals surface area (Å²) in [6.45, 7) is 4.52. The lowest BCUT2D eigenvalue weighted by atomic mass is 9.84. The van der Waals surface area contributed by atoms with Gasteiger partial charge in [0.2, 0.25) is 10.0 Å². The summed E-state index contributed by atoms with van der Waals surface area (Å²) < 4.78 is 31.5. The molecule has 4 aromatic rings. The van der Waals surface area contributed by atoms with Gasteiger partial charge in [0.15, 0.2) is 0 Å². The highest BCUT2D eigenvalue weighted by Crippen LogP contribution is 2.48. The quantitative estimate of drug-likeness (QED) is 0.335. The summed E-state index contributed by atoms with van der Waals surface area (Å²) in [5.74, 6) is -0.834. The van der Waals surface area contributed by atoms with Crippen molar-refractivity contribution in [1.29, 1.82) is 0 Å². The van der Waals surface area contributed by atoms with Gasteiger partial charge in [-0.25, -0.2) is 18.1 Å². The molecule has 2 aromatic carbocycles. The maximum atomic E-state index is 14.0. The Morgan fingerprint density at radius 3 is 2.64 bits per heavy atom. The van der Waals surface area contributed by atoms with Crippen molar-refractivity contribution in [2.75, 3.05) is 18.5 Å². The van der Waals surface area contributed by atoms with E-state index < -0.39 is 21.9 Å². The summed E-state index contributed by atoms with van der Waals surface area (Å²) >= 11 is 0. The van der Waals surface area contributed by atoms with Crippen molar-refractivity contribution in [3.8, 4) is 0 Å². The lowest BCUT2D eigenvalue weighted by Crippen LogP contribution is -2.43. The Kier molecular flexibility index (Phi) is 6.18. The van der Waals surface area contributed by atoms with E-state index >= 15 is 0 Å². The molecule has 10 nitrogen and oxygen atoms in total. The average Bonchev–Trinajstić information content (AvgIpc) is 3.91. The van der Waals surface area contributed by atoms with Gasteiger partial charge in [-0.15, -0.1) is 5.10 Å². The number of nitrogens with zero attached hydrogens (tertiary/aromatic N) is 6. The van der Waals surface area contributed by atoms with Gasteiger partial charge in [0.05, 0.1) is 23.5 Å². The van der Waals surface area contributed by atoms with E-state index in [1.54, 1.807) is 22.6 Å². The van der Waals surface area contributed by atoms with Crippen LogP contribution in [0.3, 0.4) is 0 Å². The van der Waals surface area contributed by atoms with E-state index in [0.717, 1.165) is 64.5 Å². The summed E-state index contributed by atoms with van der Waals surface area (Å²) in [5, 5.41) is 18.8. The van der Waals surface area contributed by atoms with Crippen LogP contribution in [0.15, 0.2) is 53.6 Å². The van der Waals surface area contributed by atoms with Crippen LogP contribution in [0, 0.1) is 13.8 Å². The molecule has 0 amide bonds. The van der Waals surface area contributed by atoms with Gasteiger partial charge in [-0.1, -0.05) is 29.5 Å². The Bertz CT molecular complexity index is 1840. The second kappa shape index (κ2) is 9.60. The summed E-state index contributed by atoms with van der Waals surface area (Å²) in [5.41, 5.74) is 5.96. The summed E-state index contributed by atoms with van der Waals surface area (Å²) in [4.78, 5) is 18.8. The molecule has 2 aliphatic carbocycles. The minimum absolute atomic E-state index is 0.0967. The number of carboxylic acid groups (broad SMARTS) is 1. The molecule has 2 fully saturated rings. The van der Waals surface area contributed by atoms with Crippen LogP contribution < -0.4 is 4.90 Å². The number of sulfonamides is 1. The molecule has 1 spiro atoms. The number of carboxylic acids is 1. The number of carbonyl (C=O) groups is 1. The number of aromatic nitrogens is 4. The first-order valence-electron chi connectivity index (χ1n) is 14.4. The fraction of sp³-hybridized carbons (Fsp3) is 0.419. The molecule has 0 radical (unpaired) electrons. The zero-order valence-corrected chi connectivity index (χ0v) is 24.8. The molecule has 7 rings (SSSR count). The lowest BCUT2D eigenvalue weighted by Gasteiger charge is -2.29. The number of aliphatic carboxylic acids is 1. The standard InChI is InChI=1S/C31H34N6O4S/c1-19-6-7-21(25(16-28(38)39)24-10-11-26-29(20(24)2)33-34-37(26)23-8-9-23)15-22(19)17-36-18-31(12-13-31)35(3)30-27(42(36,40)41)5-4-14-32-30/h4-7,10-11,14-15,23,25H,8-9,12-13,16-18H2,1-3H3,(H,38,39)/t25-/m0/s1. The van der Waals surface area contributed by atoms with Crippen LogP contribution >= 0.6 is 0 Å². The Hall–Kier alpha value is -3.83. The van der Waals surface area contributed by atoms with Crippen molar-refractivity contribution in [2.24, 2.45) is 0 Å². The van der Waals surface area contributed by atoms with E-state index in [2.05, 4.69) is 15.3 Å². The smallest absolute Gasteiger partial charge is 0.304 e. The normalized spacial score (nSPS) is 19.9. The van der Waals surface area contributed by atoms with Gasteiger partial charge in [-0.05, 0) is 85.5 Å². The molecule has 3 heterocycles. The largest absolute Gasteiger partial charge is 0.481 e. The lowest BCUT2D eigenvalue weighted by molar-refractivity contribution is -0.137. The van der Waals surface area contributed by atoms with Crippen LogP contribution in [0.1, 0.15) is 71.9 Å². The maximum Gasteiger partial charge on any atom is 0.304 e. The van der Waals surface area contributed by atoms with E-state index in [9.17, 15) is 18.3 Å². The molecular formula is C31H34N6O4S. The number of fused-ring (bicyclic) bond motifs is 2. The van der Waals surface area contributed by atoms with Gasteiger partial charge in [0.1, 0.15) is 16.2 Å². The Balaban J connectivity index is 1.28. The van der Waals surface area contributed by atoms with Crippen molar-refractivity contribution in [1.82, 2.24) is 24.3 Å². The van der Waals surface area contributed by atoms with E-state index in [0.29, 0.717) is 18.4 Å². The van der Waals surface area contributed by atoms with Gasteiger partial charge in [-0.2, -0.15) is 4.31 Å². The fourth-order valence-corrected chi connectivity index (χ4v) is 8.14. The second-order valence-corrected chi connectivity index (χ2v) is 14.0. The topological polar surface area (TPSA) is 122 Å². The molecule has 1 N–H and O–H groups in total. The first kappa shape index (κ1) is 27.0. The number of hydrogen-bond donors (Lipinski definition) is 1. The third kappa shape index (κ3) is 4.37. The molecule has 2 saturated carbocycles. The highest BCUT2D eigenvalue weighted by Gasteiger charge is 2.53. The number of likely N-dealkylation sites (N-methyl/N-ethyl adjacent to an activating group) is 1. The van der Waals surface area contributed by atoms with Crippen molar-refractivity contribution in [3.63, 3.8) is 0 Å². The van der Waals surface area contributed by atoms with Crippen molar-refractivity contribution < 1.29 is 18.3 Å². The Labute approximate surface area is 245 Å². The molecule has 2 aromatic heterocycles. The highest BCUT2D eigenvalue weighted by molar-refractivity contribution is 7.89. The van der Waals surface area contributed by atoms with Crippen LogP contribution in [-0.2, 0) is 21.4 Å². The van der Waals surface area contributed by atoms with Crippen LogP contribution in [0.25, 0.3) is 11.0 Å². The predicted molar refractivity (Wildman–Crippen MR) is 158 cm³/mol. The molecule has 1 aliphatic heterocycles. The first-order chi connectivity index (χ1) is 20.1. The second-order valence-electron chi connectivity index (χ2n) is 12.1. The average molecular weight is 587 g/mol. The van der Waals surface area contributed by atoms with Crippen molar-refractivity contribution in [2.45, 2.75) is 74.9 Å². The monoisotopic (exact) mass is 586 g/mol. The third-order valence-corrected chi connectivity index (χ3v) is 11.2. The number of anilines is 1. The van der Waals surface area contributed by atoms with E-state index in [-0.39, 0.29) is 23.4 Å². The number of rotatable bonds is 7. The molecule has 11 heteroatoms. The molecule has 0 unspecified atom stereocenters. The SMILES string of the molecule is Cc1ccc([C@H](CC(=O)O)c2ccc3c(nnn3C3CC3)c2C)cc1CN1CC2(CC2)N(C)c2ncccc2S1(=O)=O. The van der Waals surface area contributed by atoms with Crippen LogP contribution in [-0.4, -0.2) is 62.9 Å². The van der Waals surface area contributed by atoms with E-state index in [1.807, 2.05) is 60.8 Å². The number of hydrogen-bond acceptors (Lipinski definition) is 7. The minimum atomic E-state index is -3.82. The van der Waals surface area contributed by atoms with Gasteiger partial charge in [-0.3, -0.25) is 4.79 Å². The third-order valence-electron chi connectivity index (χ3n) is 9.40. The molecular weight excluding hydrogens is 552 g/mol. The van der Waals surface area contributed by atoms with Gasteiger partial charge < -0.3 is 10.0 Å². The van der Waals surface area contributed by atoms with Gasteiger partial charge in [0.25, 0.3) is 0 Å². The molecule has 3 aliphatic rings. The maximum absolute atomic E-state index is 14.0. The number of pyridine rings is 1. The molecule has 1 atom stereocenters. The van der Waals surface area contributed by atoms with Crippen LogP contribution in [0.2, 0.25) is 0 Å². The summed E-state index contributed by atoms with van der Waals surface area (Å²) in [7, 11) is -1.88. The van der Waals surface area contributed by atoms with Gasteiger partial charge in [0, 0.05) is 32.3 Å². The Morgan fingerprint density at radius 1 is 1.14 bits per heavy atom. The molecule has 0 saturated heterocycles. The van der Waals surface area contributed by atoms with E-state index in [1.165, 1.54) is 0 Å². The summed E-state index contributed by atoms with van der Waals surface area (Å²) in [6, 6.07) is 13.6. The van der Waals surface area contributed by atoms with Crippen molar-refractivity contribution in [3.05, 3.63) is 76.5 Å². The predicted octanol–water partition coefficient (Wildman–Crippen LogP) is 4.56. The van der Waals surface area contributed by atoms with Crippen LogP contribution in [0.5, 0.6) is 0 Å². The highest BCUT2D eigenvalue weighted by atomic mass is 32.2. The van der Waals surface area contributed by atoms with E-state index in [4.69, 9.17) is 0 Å². The number of aryl methyl sites for hydroxylation is 2. The fourth-order valence-electron chi connectivity index (χ4n) is 6.47. The molecule has 42 heavy (non-hydrogen) atoms. The molecule has 0 bridgehead atoms. The Morgan fingerprint density at radius 2 is 1.93 bits per heavy atom. The molecule has 218 valence electrons.